The van der Waals surface area contributed by atoms with Crippen molar-refractivity contribution < 1.29 is 4.42 Å². The van der Waals surface area contributed by atoms with E-state index in [2.05, 4.69) is 5.32 Å². The Bertz CT molecular complexity index is 266. The lowest BCUT2D eigenvalue weighted by Gasteiger charge is -2.25. The minimum absolute atomic E-state index is 0.490. The predicted molar refractivity (Wildman–Crippen MR) is 51.1 cm³/mol. The molecule has 0 spiro atoms. The lowest BCUT2D eigenvalue weighted by Crippen LogP contribution is -2.34. The Balaban J connectivity index is 1.79. The van der Waals surface area contributed by atoms with Gasteiger partial charge in [0.25, 0.3) is 0 Å². The van der Waals surface area contributed by atoms with Gasteiger partial charge in [-0.1, -0.05) is 6.42 Å². The van der Waals surface area contributed by atoms with Crippen LogP contribution in [0.1, 0.15) is 30.8 Å². The molecule has 3 N–H and O–H groups in total. The molecule has 0 radical (unpaired) electrons. The van der Waals surface area contributed by atoms with Crippen molar-refractivity contribution in [2.45, 2.75) is 38.4 Å². The lowest BCUT2D eigenvalue weighted by molar-refractivity contribution is 0.322. The Kier molecular flexibility index (Phi) is 2.66. The molecule has 0 bridgehead atoms. The van der Waals surface area contributed by atoms with Crippen LogP contribution in [0.4, 0.5) is 0 Å². The van der Waals surface area contributed by atoms with E-state index in [1.54, 1.807) is 0 Å². The highest BCUT2D eigenvalue weighted by Crippen LogP contribution is 2.18. The summed E-state index contributed by atoms with van der Waals surface area (Å²) in [6, 6.07) is 4.65. The van der Waals surface area contributed by atoms with Crippen molar-refractivity contribution in [3.8, 4) is 0 Å². The van der Waals surface area contributed by atoms with E-state index in [1.807, 2.05) is 12.1 Å². The summed E-state index contributed by atoms with van der Waals surface area (Å²) >= 11 is 0. The zero-order valence-corrected chi connectivity index (χ0v) is 7.75. The second kappa shape index (κ2) is 3.94. The molecule has 1 aromatic rings. The van der Waals surface area contributed by atoms with Crippen molar-refractivity contribution in [3.63, 3.8) is 0 Å². The molecule has 1 fully saturated rings. The van der Waals surface area contributed by atoms with E-state index < -0.39 is 0 Å². The third-order valence-corrected chi connectivity index (χ3v) is 2.59. The molecule has 0 unspecified atom stereocenters. The van der Waals surface area contributed by atoms with Crippen LogP contribution in [-0.2, 0) is 13.1 Å². The fourth-order valence-corrected chi connectivity index (χ4v) is 1.48. The Morgan fingerprint density at radius 3 is 2.69 bits per heavy atom. The largest absolute Gasteiger partial charge is 0.463 e. The number of hydrogen-bond acceptors (Lipinski definition) is 3. The average Bonchev–Trinajstić information content (AvgIpc) is 2.49. The lowest BCUT2D eigenvalue weighted by atomic mass is 9.93. The molecule has 0 saturated heterocycles. The highest BCUT2D eigenvalue weighted by molar-refractivity contribution is 5.06. The molecule has 72 valence electrons. The molecule has 13 heavy (non-hydrogen) atoms. The summed E-state index contributed by atoms with van der Waals surface area (Å²) in [6.07, 6.45) is 3.98. The highest BCUT2D eigenvalue weighted by Gasteiger charge is 2.16. The molecule has 1 saturated carbocycles. The molecule has 1 heterocycles. The highest BCUT2D eigenvalue weighted by atomic mass is 16.3. The topological polar surface area (TPSA) is 51.2 Å². The van der Waals surface area contributed by atoms with E-state index in [1.165, 1.54) is 19.3 Å². The van der Waals surface area contributed by atoms with E-state index in [-0.39, 0.29) is 0 Å². The quantitative estimate of drug-likeness (QED) is 0.736. The second-order valence-corrected chi connectivity index (χ2v) is 3.58. The molecule has 0 aromatic carbocycles. The van der Waals surface area contributed by atoms with Crippen molar-refractivity contribution in [1.82, 2.24) is 5.32 Å². The SMILES string of the molecule is NCc1ccc(CNC2CCC2)o1. The van der Waals surface area contributed by atoms with Gasteiger partial charge in [-0.2, -0.15) is 0 Å². The second-order valence-electron chi connectivity index (χ2n) is 3.58. The monoisotopic (exact) mass is 180 g/mol. The first-order chi connectivity index (χ1) is 6.38. The van der Waals surface area contributed by atoms with Crippen LogP contribution in [0.25, 0.3) is 0 Å². The van der Waals surface area contributed by atoms with Crippen molar-refractivity contribution in [1.29, 1.82) is 0 Å². The summed E-state index contributed by atoms with van der Waals surface area (Å²) < 4.78 is 5.46. The van der Waals surface area contributed by atoms with Crippen molar-refractivity contribution in [2.24, 2.45) is 5.73 Å². The van der Waals surface area contributed by atoms with Gasteiger partial charge in [-0.05, 0) is 25.0 Å². The molecule has 1 aromatic heterocycles. The first-order valence-electron chi connectivity index (χ1n) is 4.89. The van der Waals surface area contributed by atoms with Crippen LogP contribution in [0.5, 0.6) is 0 Å². The van der Waals surface area contributed by atoms with E-state index in [0.717, 1.165) is 18.1 Å². The maximum atomic E-state index is 5.46. The maximum absolute atomic E-state index is 5.46. The summed E-state index contributed by atoms with van der Waals surface area (Å²) in [7, 11) is 0. The van der Waals surface area contributed by atoms with Gasteiger partial charge in [0.2, 0.25) is 0 Å². The normalized spacial score (nSPS) is 17.3. The van der Waals surface area contributed by atoms with Gasteiger partial charge in [-0.3, -0.25) is 0 Å². The van der Waals surface area contributed by atoms with Gasteiger partial charge in [-0.25, -0.2) is 0 Å². The molecule has 1 aliphatic carbocycles. The molecule has 0 amide bonds. The first kappa shape index (κ1) is 8.78. The summed E-state index contributed by atoms with van der Waals surface area (Å²) in [5, 5.41) is 3.44. The van der Waals surface area contributed by atoms with Crippen LogP contribution in [-0.4, -0.2) is 6.04 Å². The number of hydrogen-bond donors (Lipinski definition) is 2. The fraction of sp³-hybridized carbons (Fsp3) is 0.600. The molecule has 2 rings (SSSR count). The minimum atomic E-state index is 0.490. The van der Waals surface area contributed by atoms with Crippen LogP contribution in [0.3, 0.4) is 0 Å². The predicted octanol–water partition coefficient (Wildman–Crippen LogP) is 1.38. The smallest absolute Gasteiger partial charge is 0.118 e. The van der Waals surface area contributed by atoms with Gasteiger partial charge < -0.3 is 15.5 Å². The molecular formula is C10H16N2O. The molecule has 0 atom stereocenters. The molecule has 1 aliphatic rings. The summed E-state index contributed by atoms with van der Waals surface area (Å²) in [5.74, 6) is 1.86. The fourth-order valence-electron chi connectivity index (χ4n) is 1.48. The summed E-state index contributed by atoms with van der Waals surface area (Å²) in [5.41, 5.74) is 5.44. The zero-order valence-electron chi connectivity index (χ0n) is 7.75. The van der Waals surface area contributed by atoms with E-state index in [9.17, 15) is 0 Å². The van der Waals surface area contributed by atoms with E-state index >= 15 is 0 Å². The first-order valence-corrected chi connectivity index (χ1v) is 4.89. The van der Waals surface area contributed by atoms with Gasteiger partial charge in [-0.15, -0.1) is 0 Å². The van der Waals surface area contributed by atoms with Gasteiger partial charge >= 0.3 is 0 Å². The van der Waals surface area contributed by atoms with Crippen LogP contribution in [0.15, 0.2) is 16.5 Å². The standard InChI is InChI=1S/C10H16N2O/c11-6-9-4-5-10(13-9)7-12-8-2-1-3-8/h4-5,8,12H,1-3,6-7,11H2. The number of rotatable bonds is 4. The Morgan fingerprint density at radius 1 is 1.38 bits per heavy atom. The molecule has 0 aliphatic heterocycles. The number of furan rings is 1. The summed E-state index contributed by atoms with van der Waals surface area (Å²) in [6.45, 7) is 1.33. The van der Waals surface area contributed by atoms with Crippen LogP contribution in [0, 0.1) is 0 Å². The Labute approximate surface area is 78.3 Å². The zero-order chi connectivity index (χ0) is 9.10. The van der Waals surface area contributed by atoms with E-state index in [0.29, 0.717) is 12.6 Å². The molecule has 3 nitrogen and oxygen atoms in total. The minimum Gasteiger partial charge on any atom is -0.463 e. The van der Waals surface area contributed by atoms with Gasteiger partial charge in [0.15, 0.2) is 0 Å². The van der Waals surface area contributed by atoms with Gasteiger partial charge in [0.1, 0.15) is 11.5 Å². The van der Waals surface area contributed by atoms with Crippen molar-refractivity contribution in [2.75, 3.05) is 0 Å². The maximum Gasteiger partial charge on any atom is 0.118 e. The third-order valence-electron chi connectivity index (χ3n) is 2.59. The van der Waals surface area contributed by atoms with Gasteiger partial charge in [0, 0.05) is 6.04 Å². The average molecular weight is 180 g/mol. The van der Waals surface area contributed by atoms with Crippen LogP contribution < -0.4 is 11.1 Å². The number of nitrogens with one attached hydrogen (secondary N) is 1. The van der Waals surface area contributed by atoms with E-state index in [4.69, 9.17) is 10.2 Å². The molecule has 3 heteroatoms. The number of nitrogens with two attached hydrogens (primary N) is 1. The van der Waals surface area contributed by atoms with Crippen molar-refractivity contribution in [3.05, 3.63) is 23.7 Å². The molecular weight excluding hydrogens is 164 g/mol. The van der Waals surface area contributed by atoms with Crippen LogP contribution >= 0.6 is 0 Å². The van der Waals surface area contributed by atoms with Crippen LogP contribution in [0.2, 0.25) is 0 Å². The van der Waals surface area contributed by atoms with Gasteiger partial charge in [0.05, 0.1) is 13.1 Å². The van der Waals surface area contributed by atoms with Crippen molar-refractivity contribution >= 4 is 0 Å². The Hall–Kier alpha value is -0.800. The summed E-state index contributed by atoms with van der Waals surface area (Å²) in [4.78, 5) is 0. The Morgan fingerprint density at radius 2 is 2.15 bits per heavy atom. The third kappa shape index (κ3) is 2.11.